The number of nitrogens with zero attached hydrogens (tertiary/aromatic N) is 1. The molecule has 4 rings (SSSR count). The molecule has 2 heterocycles. The van der Waals surface area contributed by atoms with Crippen molar-refractivity contribution in [3.8, 4) is 11.1 Å². The summed E-state index contributed by atoms with van der Waals surface area (Å²) in [5.41, 5.74) is 5.16. The van der Waals surface area contributed by atoms with E-state index in [0.717, 1.165) is 28.5 Å². The van der Waals surface area contributed by atoms with E-state index in [4.69, 9.17) is 9.15 Å². The Hall–Kier alpha value is -2.75. The SMILES string of the molecule is CC(C)(C)OC(=O)N1CCc2cc(-c3coc4ccccc34)ccc2C1. The number of ether oxygens (including phenoxy) is 1. The van der Waals surface area contributed by atoms with Crippen molar-refractivity contribution < 1.29 is 13.9 Å². The summed E-state index contributed by atoms with van der Waals surface area (Å²) < 4.78 is 11.2. The van der Waals surface area contributed by atoms with Crippen LogP contribution in [0.5, 0.6) is 0 Å². The lowest BCUT2D eigenvalue weighted by atomic mass is 9.94. The molecule has 0 bridgehead atoms. The van der Waals surface area contributed by atoms with E-state index in [1.54, 1.807) is 4.90 Å². The average Bonchev–Trinajstić information content (AvgIpc) is 3.03. The van der Waals surface area contributed by atoms with Crippen molar-refractivity contribution in [1.29, 1.82) is 0 Å². The van der Waals surface area contributed by atoms with Crippen LogP contribution in [0.2, 0.25) is 0 Å². The number of carbonyl (C=O) groups is 1. The van der Waals surface area contributed by atoms with Gasteiger partial charge in [-0.2, -0.15) is 0 Å². The molecule has 1 aliphatic rings. The predicted octanol–water partition coefficient (Wildman–Crippen LogP) is 5.39. The second kappa shape index (κ2) is 6.20. The van der Waals surface area contributed by atoms with Gasteiger partial charge in [-0.1, -0.05) is 36.4 Å². The standard InChI is InChI=1S/C22H23NO3/c1-22(2,3)26-21(24)23-11-10-15-12-16(8-9-17(15)13-23)19-14-25-20-7-5-4-6-18(19)20/h4-9,12,14H,10-11,13H2,1-3H3. The summed E-state index contributed by atoms with van der Waals surface area (Å²) >= 11 is 0. The number of rotatable bonds is 1. The van der Waals surface area contributed by atoms with Crippen LogP contribution in [0.3, 0.4) is 0 Å². The van der Waals surface area contributed by atoms with Crippen LogP contribution in [0.1, 0.15) is 31.9 Å². The van der Waals surface area contributed by atoms with Gasteiger partial charge in [0.15, 0.2) is 0 Å². The Morgan fingerprint density at radius 3 is 2.73 bits per heavy atom. The molecule has 0 radical (unpaired) electrons. The van der Waals surface area contributed by atoms with Crippen LogP contribution in [0.4, 0.5) is 4.79 Å². The van der Waals surface area contributed by atoms with Gasteiger partial charge in [-0.25, -0.2) is 4.79 Å². The van der Waals surface area contributed by atoms with E-state index >= 15 is 0 Å². The molecule has 2 aromatic carbocycles. The number of para-hydroxylation sites is 1. The largest absolute Gasteiger partial charge is 0.464 e. The van der Waals surface area contributed by atoms with Crippen LogP contribution in [0.25, 0.3) is 22.1 Å². The first-order chi connectivity index (χ1) is 12.4. The highest BCUT2D eigenvalue weighted by molar-refractivity contribution is 5.94. The second-order valence-electron chi connectivity index (χ2n) is 7.78. The highest BCUT2D eigenvalue weighted by Gasteiger charge is 2.26. The maximum absolute atomic E-state index is 12.3. The van der Waals surface area contributed by atoms with Gasteiger partial charge in [0.1, 0.15) is 11.2 Å². The zero-order valence-electron chi connectivity index (χ0n) is 15.4. The van der Waals surface area contributed by atoms with Crippen LogP contribution < -0.4 is 0 Å². The first kappa shape index (κ1) is 16.7. The third-order valence-corrected chi connectivity index (χ3v) is 4.66. The van der Waals surface area contributed by atoms with Gasteiger partial charge >= 0.3 is 6.09 Å². The van der Waals surface area contributed by atoms with Crippen LogP contribution in [-0.4, -0.2) is 23.1 Å². The van der Waals surface area contributed by atoms with Crippen LogP contribution in [0.15, 0.2) is 53.1 Å². The molecular weight excluding hydrogens is 326 g/mol. The number of hydrogen-bond donors (Lipinski definition) is 0. The third-order valence-electron chi connectivity index (χ3n) is 4.66. The molecule has 134 valence electrons. The van der Waals surface area contributed by atoms with E-state index in [2.05, 4.69) is 24.3 Å². The first-order valence-corrected chi connectivity index (χ1v) is 8.97. The lowest BCUT2D eigenvalue weighted by Crippen LogP contribution is -2.39. The molecule has 0 atom stereocenters. The maximum Gasteiger partial charge on any atom is 0.410 e. The van der Waals surface area contributed by atoms with Gasteiger partial charge < -0.3 is 14.1 Å². The average molecular weight is 349 g/mol. The quantitative estimate of drug-likeness (QED) is 0.591. The zero-order valence-corrected chi connectivity index (χ0v) is 15.4. The molecule has 0 N–H and O–H groups in total. The summed E-state index contributed by atoms with van der Waals surface area (Å²) in [6.45, 7) is 6.95. The van der Waals surface area contributed by atoms with Gasteiger partial charge in [-0.05, 0) is 49.9 Å². The fourth-order valence-corrected chi connectivity index (χ4v) is 3.40. The minimum absolute atomic E-state index is 0.243. The summed E-state index contributed by atoms with van der Waals surface area (Å²) in [5, 5.41) is 1.12. The minimum Gasteiger partial charge on any atom is -0.464 e. The Morgan fingerprint density at radius 2 is 1.92 bits per heavy atom. The van der Waals surface area contributed by atoms with Crippen molar-refractivity contribution in [3.05, 3.63) is 59.9 Å². The van der Waals surface area contributed by atoms with Crippen molar-refractivity contribution in [1.82, 2.24) is 4.90 Å². The van der Waals surface area contributed by atoms with Crippen LogP contribution in [0, 0.1) is 0 Å². The predicted molar refractivity (Wildman–Crippen MR) is 102 cm³/mol. The normalized spacial score (nSPS) is 14.3. The summed E-state index contributed by atoms with van der Waals surface area (Å²) in [5.74, 6) is 0. The smallest absolute Gasteiger partial charge is 0.410 e. The highest BCUT2D eigenvalue weighted by Crippen LogP contribution is 2.33. The Labute approximate surface area is 153 Å². The van der Waals surface area contributed by atoms with E-state index in [1.165, 1.54) is 11.1 Å². The zero-order chi connectivity index (χ0) is 18.3. The number of amides is 1. The summed E-state index contributed by atoms with van der Waals surface area (Å²) in [6.07, 6.45) is 2.41. The highest BCUT2D eigenvalue weighted by atomic mass is 16.6. The van der Waals surface area contributed by atoms with Crippen molar-refractivity contribution in [2.75, 3.05) is 6.54 Å². The number of fused-ring (bicyclic) bond motifs is 2. The van der Waals surface area contributed by atoms with Gasteiger partial charge in [0.2, 0.25) is 0 Å². The molecule has 1 aromatic heterocycles. The first-order valence-electron chi connectivity index (χ1n) is 8.97. The summed E-state index contributed by atoms with van der Waals surface area (Å²) in [7, 11) is 0. The second-order valence-corrected chi connectivity index (χ2v) is 7.78. The monoisotopic (exact) mass is 349 g/mol. The van der Waals surface area contributed by atoms with Gasteiger partial charge in [0.05, 0.1) is 6.26 Å². The molecule has 0 saturated carbocycles. The molecular formula is C22H23NO3. The lowest BCUT2D eigenvalue weighted by molar-refractivity contribution is 0.0224. The van der Waals surface area contributed by atoms with E-state index in [0.29, 0.717) is 13.1 Å². The molecule has 4 heteroatoms. The molecule has 1 aliphatic heterocycles. The number of furan rings is 1. The molecule has 4 nitrogen and oxygen atoms in total. The van der Waals surface area contributed by atoms with Gasteiger partial charge in [-0.3, -0.25) is 0 Å². The van der Waals surface area contributed by atoms with E-state index in [9.17, 15) is 4.79 Å². The van der Waals surface area contributed by atoms with Gasteiger partial charge in [0, 0.05) is 24.0 Å². The molecule has 1 amide bonds. The fourth-order valence-electron chi connectivity index (χ4n) is 3.40. The lowest BCUT2D eigenvalue weighted by Gasteiger charge is -2.31. The molecule has 3 aromatic rings. The Bertz CT molecular complexity index is 965. The molecule has 0 fully saturated rings. The molecule has 0 spiro atoms. The van der Waals surface area contributed by atoms with Gasteiger partial charge in [0.25, 0.3) is 0 Å². The van der Waals surface area contributed by atoms with Crippen molar-refractivity contribution >= 4 is 17.1 Å². The van der Waals surface area contributed by atoms with Crippen molar-refractivity contribution in [3.63, 3.8) is 0 Å². The maximum atomic E-state index is 12.3. The molecule has 26 heavy (non-hydrogen) atoms. The van der Waals surface area contributed by atoms with E-state index in [1.807, 2.05) is 45.2 Å². The van der Waals surface area contributed by atoms with Crippen LogP contribution in [-0.2, 0) is 17.7 Å². The molecule has 0 aliphatic carbocycles. The van der Waals surface area contributed by atoms with Crippen LogP contribution >= 0.6 is 0 Å². The van der Waals surface area contributed by atoms with E-state index in [-0.39, 0.29) is 6.09 Å². The summed E-state index contributed by atoms with van der Waals surface area (Å²) in [4.78, 5) is 14.1. The number of benzene rings is 2. The Kier molecular flexibility index (Phi) is 3.98. The Morgan fingerprint density at radius 1 is 1.12 bits per heavy atom. The summed E-state index contributed by atoms with van der Waals surface area (Å²) in [6, 6.07) is 14.5. The molecule has 0 unspecified atom stereocenters. The number of carbonyl (C=O) groups excluding carboxylic acids is 1. The Balaban J connectivity index is 1.59. The molecule has 0 saturated heterocycles. The topological polar surface area (TPSA) is 42.7 Å². The number of hydrogen-bond acceptors (Lipinski definition) is 3. The van der Waals surface area contributed by atoms with Crippen molar-refractivity contribution in [2.24, 2.45) is 0 Å². The fraction of sp³-hybridized carbons (Fsp3) is 0.318. The van der Waals surface area contributed by atoms with Crippen molar-refractivity contribution in [2.45, 2.75) is 39.3 Å². The van der Waals surface area contributed by atoms with E-state index < -0.39 is 5.60 Å². The third kappa shape index (κ3) is 3.19. The van der Waals surface area contributed by atoms with Gasteiger partial charge in [-0.15, -0.1) is 0 Å². The minimum atomic E-state index is -0.469.